The number of benzene rings is 1. The van der Waals surface area contributed by atoms with Gasteiger partial charge in [-0.25, -0.2) is 4.98 Å². The van der Waals surface area contributed by atoms with Crippen LogP contribution in [0.5, 0.6) is 11.5 Å². The number of imidazole rings is 1. The van der Waals surface area contributed by atoms with Gasteiger partial charge in [-0.1, -0.05) is 5.16 Å². The first-order valence-electron chi connectivity index (χ1n) is 6.94. The monoisotopic (exact) mass is 303 g/mol. The molecule has 1 aromatic heterocycles. The number of ether oxygens (including phenoxy) is 2. The molecule has 0 bridgehead atoms. The van der Waals surface area contributed by atoms with E-state index in [4.69, 9.17) is 14.7 Å². The minimum absolute atomic E-state index is 0.354. The molecule has 0 atom stereocenters. The Morgan fingerprint density at radius 1 is 1.23 bits per heavy atom. The number of oxime groups is 1. The largest absolute Gasteiger partial charge is 0.497 e. The van der Waals surface area contributed by atoms with E-state index in [1.807, 2.05) is 0 Å². The third-order valence-electron chi connectivity index (χ3n) is 3.82. The van der Waals surface area contributed by atoms with E-state index in [0.29, 0.717) is 52.8 Å². The molecule has 116 valence electrons. The van der Waals surface area contributed by atoms with E-state index in [0.717, 1.165) is 11.2 Å². The van der Waals surface area contributed by atoms with Crippen molar-refractivity contribution in [3.8, 4) is 22.9 Å². The molecule has 7 heteroatoms. The molecule has 2 aromatic rings. The van der Waals surface area contributed by atoms with Crippen LogP contribution in [0.3, 0.4) is 0 Å². The Hall–Kier alpha value is -2.70. The van der Waals surface area contributed by atoms with E-state index in [1.54, 1.807) is 32.4 Å². The number of hydrogen-bond acceptors (Lipinski definition) is 6. The van der Waals surface area contributed by atoms with E-state index < -0.39 is 0 Å². The van der Waals surface area contributed by atoms with Gasteiger partial charge in [0.1, 0.15) is 22.9 Å². The molecule has 0 amide bonds. The van der Waals surface area contributed by atoms with Crippen LogP contribution < -0.4 is 9.47 Å². The Labute approximate surface area is 127 Å². The molecule has 2 N–H and O–H groups in total. The lowest BCUT2D eigenvalue weighted by atomic mass is 9.99. The first-order chi connectivity index (χ1) is 10.7. The van der Waals surface area contributed by atoms with Gasteiger partial charge in [-0.2, -0.15) is 4.73 Å². The molecule has 0 saturated carbocycles. The smallest absolute Gasteiger partial charge is 0.179 e. The molecule has 0 radical (unpaired) electrons. The molecule has 3 rings (SSSR count). The average Bonchev–Trinajstić information content (AvgIpc) is 2.91. The highest BCUT2D eigenvalue weighted by Crippen LogP contribution is 2.34. The summed E-state index contributed by atoms with van der Waals surface area (Å²) in [6.45, 7) is 0. The standard InChI is InChI=1S/C15H17N3O4/c1-21-9-6-7-10(13(8-9)22-2)15-16-14-11(17-19)4-3-5-12(14)18(15)20/h6-8,19-20H,3-5H2,1-2H3. The van der Waals surface area contributed by atoms with Crippen LogP contribution in [0.2, 0.25) is 0 Å². The van der Waals surface area contributed by atoms with Crippen LogP contribution in [0.15, 0.2) is 23.4 Å². The SMILES string of the molecule is COc1ccc(-c2nc3c(n2O)CCCC3=NO)c(OC)c1. The normalized spacial score (nSPS) is 15.6. The number of rotatable bonds is 3. The lowest BCUT2D eigenvalue weighted by molar-refractivity contribution is 0.180. The Bertz CT molecular complexity index is 737. The molecule has 1 aliphatic rings. The summed E-state index contributed by atoms with van der Waals surface area (Å²) < 4.78 is 11.6. The van der Waals surface area contributed by atoms with Crippen LogP contribution in [0.25, 0.3) is 11.4 Å². The Morgan fingerprint density at radius 3 is 2.73 bits per heavy atom. The summed E-state index contributed by atoms with van der Waals surface area (Å²) >= 11 is 0. The number of fused-ring (bicyclic) bond motifs is 1. The maximum absolute atomic E-state index is 10.4. The topological polar surface area (TPSA) is 89.1 Å². The zero-order chi connectivity index (χ0) is 15.7. The minimum Gasteiger partial charge on any atom is -0.497 e. The predicted molar refractivity (Wildman–Crippen MR) is 79.2 cm³/mol. The molecule has 0 spiro atoms. The van der Waals surface area contributed by atoms with E-state index in [2.05, 4.69) is 10.1 Å². The Kier molecular flexibility index (Phi) is 3.62. The number of nitrogens with zero attached hydrogens (tertiary/aromatic N) is 3. The highest BCUT2D eigenvalue weighted by atomic mass is 16.5. The average molecular weight is 303 g/mol. The van der Waals surface area contributed by atoms with Crippen molar-refractivity contribution in [1.82, 2.24) is 9.71 Å². The summed E-state index contributed by atoms with van der Waals surface area (Å²) in [6.07, 6.45) is 2.12. The first-order valence-corrected chi connectivity index (χ1v) is 6.94. The van der Waals surface area contributed by atoms with Crippen LogP contribution in [0.4, 0.5) is 0 Å². The molecule has 1 heterocycles. The van der Waals surface area contributed by atoms with Crippen LogP contribution in [-0.4, -0.2) is 40.1 Å². The van der Waals surface area contributed by atoms with Crippen molar-refractivity contribution in [3.05, 3.63) is 29.6 Å². The maximum atomic E-state index is 10.4. The van der Waals surface area contributed by atoms with Crippen LogP contribution >= 0.6 is 0 Å². The molecule has 0 saturated heterocycles. The third-order valence-corrected chi connectivity index (χ3v) is 3.82. The zero-order valence-corrected chi connectivity index (χ0v) is 12.4. The molecular formula is C15H17N3O4. The van der Waals surface area contributed by atoms with Crippen molar-refractivity contribution >= 4 is 5.71 Å². The highest BCUT2D eigenvalue weighted by Gasteiger charge is 2.26. The highest BCUT2D eigenvalue weighted by molar-refractivity contribution is 6.01. The van der Waals surface area contributed by atoms with Gasteiger partial charge >= 0.3 is 0 Å². The first kappa shape index (κ1) is 14.2. The van der Waals surface area contributed by atoms with Crippen molar-refractivity contribution in [3.63, 3.8) is 0 Å². The van der Waals surface area contributed by atoms with Gasteiger partial charge in [-0.3, -0.25) is 0 Å². The second-order valence-electron chi connectivity index (χ2n) is 5.01. The molecule has 22 heavy (non-hydrogen) atoms. The summed E-state index contributed by atoms with van der Waals surface area (Å²) in [7, 11) is 3.12. The summed E-state index contributed by atoms with van der Waals surface area (Å²) in [6, 6.07) is 5.27. The van der Waals surface area contributed by atoms with E-state index >= 15 is 0 Å². The van der Waals surface area contributed by atoms with Crippen molar-refractivity contribution in [1.29, 1.82) is 0 Å². The minimum atomic E-state index is 0.354. The molecule has 1 aromatic carbocycles. The lowest BCUT2D eigenvalue weighted by Gasteiger charge is -2.12. The Balaban J connectivity index is 2.16. The van der Waals surface area contributed by atoms with Crippen molar-refractivity contribution in [2.75, 3.05) is 14.2 Å². The van der Waals surface area contributed by atoms with Gasteiger partial charge < -0.3 is 19.9 Å². The van der Waals surface area contributed by atoms with E-state index in [9.17, 15) is 5.21 Å². The maximum Gasteiger partial charge on any atom is 0.179 e. The van der Waals surface area contributed by atoms with E-state index in [-0.39, 0.29) is 0 Å². The lowest BCUT2D eigenvalue weighted by Crippen LogP contribution is -2.13. The molecule has 0 fully saturated rings. The van der Waals surface area contributed by atoms with Crippen molar-refractivity contribution in [2.24, 2.45) is 5.16 Å². The molecule has 0 unspecified atom stereocenters. The summed E-state index contributed by atoms with van der Waals surface area (Å²) in [5, 5.41) is 22.8. The summed E-state index contributed by atoms with van der Waals surface area (Å²) in [5.74, 6) is 1.55. The molecule has 0 aliphatic heterocycles. The predicted octanol–water partition coefficient (Wildman–Crippen LogP) is 2.32. The van der Waals surface area contributed by atoms with Crippen molar-refractivity contribution < 1.29 is 19.9 Å². The van der Waals surface area contributed by atoms with E-state index in [1.165, 1.54) is 0 Å². The van der Waals surface area contributed by atoms with Crippen LogP contribution in [0, 0.1) is 0 Å². The van der Waals surface area contributed by atoms with Crippen LogP contribution in [0.1, 0.15) is 24.2 Å². The fourth-order valence-corrected chi connectivity index (χ4v) is 2.70. The quantitative estimate of drug-likeness (QED) is 0.516. The third kappa shape index (κ3) is 2.14. The number of methoxy groups -OCH3 is 2. The van der Waals surface area contributed by atoms with Gasteiger partial charge in [0, 0.05) is 6.07 Å². The second-order valence-corrected chi connectivity index (χ2v) is 5.01. The fourth-order valence-electron chi connectivity index (χ4n) is 2.70. The Morgan fingerprint density at radius 2 is 2.05 bits per heavy atom. The molecular weight excluding hydrogens is 286 g/mol. The zero-order valence-electron chi connectivity index (χ0n) is 12.4. The van der Waals surface area contributed by atoms with Gasteiger partial charge in [-0.15, -0.1) is 0 Å². The summed E-state index contributed by atoms with van der Waals surface area (Å²) in [4.78, 5) is 4.44. The summed E-state index contributed by atoms with van der Waals surface area (Å²) in [5.41, 5.74) is 2.30. The fraction of sp³-hybridized carbons (Fsp3) is 0.333. The van der Waals surface area contributed by atoms with Crippen molar-refractivity contribution in [2.45, 2.75) is 19.3 Å². The number of aromatic nitrogens is 2. The van der Waals surface area contributed by atoms with Gasteiger partial charge in [0.15, 0.2) is 5.82 Å². The van der Waals surface area contributed by atoms with Gasteiger partial charge in [0.05, 0.1) is 25.5 Å². The second kappa shape index (κ2) is 5.59. The van der Waals surface area contributed by atoms with Crippen LogP contribution in [-0.2, 0) is 6.42 Å². The molecule has 7 nitrogen and oxygen atoms in total. The van der Waals surface area contributed by atoms with Gasteiger partial charge in [0.2, 0.25) is 0 Å². The molecule has 1 aliphatic carbocycles. The van der Waals surface area contributed by atoms with Gasteiger partial charge in [0.25, 0.3) is 0 Å². The number of hydrogen-bond donors (Lipinski definition) is 2. The van der Waals surface area contributed by atoms with Gasteiger partial charge in [-0.05, 0) is 31.4 Å².